The quantitative estimate of drug-likeness (QED) is 0.488. The van der Waals surface area contributed by atoms with Gasteiger partial charge in [-0.15, -0.1) is 0 Å². The van der Waals surface area contributed by atoms with Gasteiger partial charge >= 0.3 is 0 Å². The molecule has 36 heavy (non-hydrogen) atoms. The first-order valence-corrected chi connectivity index (χ1v) is 12.5. The molecule has 1 aliphatic heterocycles. The highest BCUT2D eigenvalue weighted by atomic mass is 16.5. The fraction of sp³-hybridized carbons (Fsp3) is 0.300. The van der Waals surface area contributed by atoms with Crippen molar-refractivity contribution in [2.45, 2.75) is 32.6 Å². The zero-order chi connectivity index (χ0) is 24.9. The molecule has 1 N–H and O–H groups in total. The molecule has 0 spiro atoms. The number of aromatic nitrogens is 1. The van der Waals surface area contributed by atoms with Crippen molar-refractivity contribution in [3.05, 3.63) is 83.7 Å². The maximum atomic E-state index is 13.0. The van der Waals surface area contributed by atoms with Crippen molar-refractivity contribution in [2.75, 3.05) is 23.4 Å². The molecule has 2 heterocycles. The highest BCUT2D eigenvalue weighted by molar-refractivity contribution is 6.05. The van der Waals surface area contributed by atoms with E-state index in [-0.39, 0.29) is 11.8 Å². The SMILES string of the molecule is CC1CCC(=O)N(c2ccc(C(=O)Nc3cc(C#Cc4ccccn4)cc(OCC4CC4)c3)cc2)C1. The number of pyridine rings is 1. The number of ether oxygens (including phenoxy) is 1. The first kappa shape index (κ1) is 23.6. The van der Waals surface area contributed by atoms with Gasteiger partial charge in [0.25, 0.3) is 5.91 Å². The molecule has 2 aliphatic rings. The lowest BCUT2D eigenvalue weighted by atomic mass is 9.99. The van der Waals surface area contributed by atoms with Gasteiger partial charge in [0.05, 0.1) is 6.61 Å². The van der Waals surface area contributed by atoms with Gasteiger partial charge in [0.2, 0.25) is 5.91 Å². The molecule has 182 valence electrons. The number of anilines is 2. The van der Waals surface area contributed by atoms with Crippen LogP contribution in [0.5, 0.6) is 5.75 Å². The van der Waals surface area contributed by atoms with Crippen LogP contribution in [0.4, 0.5) is 11.4 Å². The standard InChI is InChI=1S/C30H29N3O3/c1-21-5-14-29(34)33(19-21)27-12-9-24(10-13-27)30(35)32-26-16-23(8-11-25-4-2-3-15-31-25)17-28(18-26)36-20-22-6-7-22/h2-4,9-10,12-13,15-18,21-22H,5-7,14,19-20H2,1H3,(H,32,35). The van der Waals surface area contributed by atoms with Crippen LogP contribution in [0.2, 0.25) is 0 Å². The molecule has 3 aromatic rings. The van der Waals surface area contributed by atoms with Gasteiger partial charge in [-0.2, -0.15) is 0 Å². The number of rotatable bonds is 6. The highest BCUT2D eigenvalue weighted by Crippen LogP contribution is 2.31. The molecule has 2 aromatic carbocycles. The molecule has 2 amide bonds. The summed E-state index contributed by atoms with van der Waals surface area (Å²) in [4.78, 5) is 31.4. The van der Waals surface area contributed by atoms with Crippen LogP contribution >= 0.6 is 0 Å². The summed E-state index contributed by atoms with van der Waals surface area (Å²) in [5.74, 6) is 7.84. The van der Waals surface area contributed by atoms with Crippen LogP contribution in [0, 0.1) is 23.7 Å². The van der Waals surface area contributed by atoms with E-state index in [4.69, 9.17) is 4.74 Å². The summed E-state index contributed by atoms with van der Waals surface area (Å²) in [6.45, 7) is 3.53. The van der Waals surface area contributed by atoms with Gasteiger partial charge in [0.15, 0.2) is 0 Å². The van der Waals surface area contributed by atoms with Gasteiger partial charge in [-0.1, -0.05) is 18.9 Å². The van der Waals surface area contributed by atoms with Crippen molar-refractivity contribution in [2.24, 2.45) is 11.8 Å². The zero-order valence-corrected chi connectivity index (χ0v) is 20.4. The lowest BCUT2D eigenvalue weighted by Crippen LogP contribution is -2.39. The minimum absolute atomic E-state index is 0.132. The Balaban J connectivity index is 1.32. The molecular weight excluding hydrogens is 450 g/mol. The summed E-state index contributed by atoms with van der Waals surface area (Å²) >= 11 is 0. The number of nitrogens with zero attached hydrogens (tertiary/aromatic N) is 2. The fourth-order valence-corrected chi connectivity index (χ4v) is 4.15. The van der Waals surface area contributed by atoms with Gasteiger partial charge in [0.1, 0.15) is 11.4 Å². The summed E-state index contributed by atoms with van der Waals surface area (Å²) in [5.41, 5.74) is 3.36. The molecule has 1 saturated carbocycles. The third-order valence-electron chi connectivity index (χ3n) is 6.43. The molecule has 0 bridgehead atoms. The van der Waals surface area contributed by atoms with Crippen LogP contribution in [-0.4, -0.2) is 29.9 Å². The predicted molar refractivity (Wildman–Crippen MR) is 140 cm³/mol. The minimum atomic E-state index is -0.233. The largest absolute Gasteiger partial charge is 0.493 e. The Labute approximate surface area is 211 Å². The Hall–Kier alpha value is -4.11. The summed E-state index contributed by atoms with van der Waals surface area (Å²) in [5, 5.41) is 2.97. The van der Waals surface area contributed by atoms with Crippen molar-refractivity contribution in [1.82, 2.24) is 4.98 Å². The van der Waals surface area contributed by atoms with Crippen LogP contribution in [0.1, 0.15) is 54.2 Å². The van der Waals surface area contributed by atoms with Gasteiger partial charge in [-0.25, -0.2) is 4.98 Å². The average molecular weight is 480 g/mol. The molecule has 6 heteroatoms. The van der Waals surface area contributed by atoms with Crippen molar-refractivity contribution in [3.8, 4) is 17.6 Å². The number of carbonyl (C=O) groups excluding carboxylic acids is 2. The van der Waals surface area contributed by atoms with E-state index < -0.39 is 0 Å². The zero-order valence-electron chi connectivity index (χ0n) is 20.4. The fourth-order valence-electron chi connectivity index (χ4n) is 4.15. The van der Waals surface area contributed by atoms with Crippen LogP contribution in [-0.2, 0) is 4.79 Å². The first-order valence-electron chi connectivity index (χ1n) is 12.5. The van der Waals surface area contributed by atoms with E-state index in [0.717, 1.165) is 17.7 Å². The van der Waals surface area contributed by atoms with E-state index >= 15 is 0 Å². The number of nitrogens with one attached hydrogen (secondary N) is 1. The maximum absolute atomic E-state index is 13.0. The lowest BCUT2D eigenvalue weighted by Gasteiger charge is -2.30. The Morgan fingerprint density at radius 2 is 1.92 bits per heavy atom. The number of hydrogen-bond acceptors (Lipinski definition) is 4. The number of benzene rings is 2. The lowest BCUT2D eigenvalue weighted by molar-refractivity contribution is -0.120. The van der Waals surface area contributed by atoms with Crippen molar-refractivity contribution < 1.29 is 14.3 Å². The van der Waals surface area contributed by atoms with E-state index in [1.54, 1.807) is 18.3 Å². The summed E-state index contributed by atoms with van der Waals surface area (Å²) < 4.78 is 5.98. The molecule has 5 rings (SSSR count). The monoisotopic (exact) mass is 479 g/mol. The molecular formula is C30H29N3O3. The summed E-state index contributed by atoms with van der Waals surface area (Å²) in [6, 6.07) is 18.3. The number of carbonyl (C=O) groups is 2. The number of hydrogen-bond donors (Lipinski definition) is 1. The van der Waals surface area contributed by atoms with Gasteiger partial charge in [-0.3, -0.25) is 9.59 Å². The number of amides is 2. The van der Waals surface area contributed by atoms with Crippen LogP contribution in [0.25, 0.3) is 0 Å². The van der Waals surface area contributed by atoms with Gasteiger partial charge in [-0.05, 0) is 85.5 Å². The Bertz CT molecular complexity index is 1300. The van der Waals surface area contributed by atoms with Gasteiger partial charge < -0.3 is 15.0 Å². The van der Waals surface area contributed by atoms with E-state index in [1.807, 2.05) is 53.4 Å². The summed E-state index contributed by atoms with van der Waals surface area (Å²) in [6.07, 6.45) is 5.58. The van der Waals surface area contributed by atoms with Crippen molar-refractivity contribution in [1.29, 1.82) is 0 Å². The first-order chi connectivity index (χ1) is 17.5. The smallest absolute Gasteiger partial charge is 0.255 e. The normalized spacial score (nSPS) is 17.2. The Morgan fingerprint density at radius 1 is 1.08 bits per heavy atom. The molecule has 1 aromatic heterocycles. The van der Waals surface area contributed by atoms with Crippen LogP contribution < -0.4 is 15.0 Å². The Kier molecular flexibility index (Phi) is 6.99. The third kappa shape index (κ3) is 6.11. The van der Waals surface area contributed by atoms with E-state index in [1.165, 1.54) is 12.8 Å². The second-order valence-corrected chi connectivity index (χ2v) is 9.61. The van der Waals surface area contributed by atoms with E-state index in [2.05, 4.69) is 29.1 Å². The average Bonchev–Trinajstić information content (AvgIpc) is 3.73. The minimum Gasteiger partial charge on any atom is -0.493 e. The molecule has 6 nitrogen and oxygen atoms in total. The van der Waals surface area contributed by atoms with Crippen molar-refractivity contribution in [3.63, 3.8) is 0 Å². The molecule has 1 atom stereocenters. The van der Waals surface area contributed by atoms with Crippen LogP contribution in [0.15, 0.2) is 66.9 Å². The second-order valence-electron chi connectivity index (χ2n) is 9.61. The molecule has 1 saturated heterocycles. The predicted octanol–water partition coefficient (Wildman–Crippen LogP) is 5.29. The Morgan fingerprint density at radius 3 is 2.67 bits per heavy atom. The molecule has 2 fully saturated rings. The van der Waals surface area contributed by atoms with E-state index in [9.17, 15) is 9.59 Å². The second kappa shape index (κ2) is 10.7. The maximum Gasteiger partial charge on any atom is 0.255 e. The molecule has 1 unspecified atom stereocenters. The molecule has 1 aliphatic carbocycles. The van der Waals surface area contributed by atoms with Crippen molar-refractivity contribution >= 4 is 23.2 Å². The van der Waals surface area contributed by atoms with Gasteiger partial charge in [0, 0.05) is 47.7 Å². The highest BCUT2D eigenvalue weighted by Gasteiger charge is 2.24. The molecule has 0 radical (unpaired) electrons. The van der Waals surface area contributed by atoms with Crippen LogP contribution in [0.3, 0.4) is 0 Å². The summed E-state index contributed by atoms with van der Waals surface area (Å²) in [7, 11) is 0. The topological polar surface area (TPSA) is 71.5 Å². The van der Waals surface area contributed by atoms with E-state index in [0.29, 0.717) is 54.1 Å². The third-order valence-corrected chi connectivity index (χ3v) is 6.43. The number of piperidine rings is 1.